The van der Waals surface area contributed by atoms with Crippen LogP contribution in [0.25, 0.3) is 22.9 Å². The van der Waals surface area contributed by atoms with Crippen molar-refractivity contribution in [1.29, 1.82) is 0 Å². The first-order chi connectivity index (χ1) is 10.6. The zero-order valence-electron chi connectivity index (χ0n) is 11.5. The summed E-state index contributed by atoms with van der Waals surface area (Å²) in [6.45, 7) is 1.53. The second kappa shape index (κ2) is 6.33. The van der Waals surface area contributed by atoms with E-state index < -0.39 is 0 Å². The Morgan fingerprint density at radius 2 is 2.09 bits per heavy atom. The van der Waals surface area contributed by atoms with Crippen LogP contribution in [0.3, 0.4) is 0 Å². The van der Waals surface area contributed by atoms with Crippen LogP contribution < -0.4 is 0 Å². The maximum absolute atomic E-state index is 11.0. The van der Waals surface area contributed by atoms with Gasteiger partial charge in [0.2, 0.25) is 0 Å². The molecular formula is C14H11ClN4O2S. The molecule has 3 rings (SSSR count). The summed E-state index contributed by atoms with van der Waals surface area (Å²) in [4.78, 5) is 18.0. The maximum atomic E-state index is 11.0. The number of aromatic amines is 1. The molecule has 3 aromatic heterocycles. The van der Waals surface area contributed by atoms with Crippen molar-refractivity contribution in [2.24, 2.45) is 0 Å². The number of nitrogens with one attached hydrogen (secondary N) is 1. The predicted octanol–water partition coefficient (Wildman–Crippen LogP) is 3.46. The number of furan rings is 1. The standard InChI is InChI=1S/C14H11ClN4O2S/c1-8(20)7-22-14-17-13(18-19-14)11-4-3-10(21-11)9-2-5-12(15)16-6-9/h2-6H,7H2,1H3,(H,17,18,19). The van der Waals surface area contributed by atoms with Crippen molar-refractivity contribution in [2.45, 2.75) is 12.1 Å². The van der Waals surface area contributed by atoms with Crippen molar-refractivity contribution < 1.29 is 9.21 Å². The van der Waals surface area contributed by atoms with Crippen LogP contribution in [0, 0.1) is 0 Å². The summed E-state index contributed by atoms with van der Waals surface area (Å²) in [5, 5.41) is 9.00. The normalized spacial score (nSPS) is 10.8. The summed E-state index contributed by atoms with van der Waals surface area (Å²) in [7, 11) is 0. The number of rotatable bonds is 5. The molecule has 112 valence electrons. The van der Waals surface area contributed by atoms with Gasteiger partial charge in [-0.1, -0.05) is 23.4 Å². The minimum atomic E-state index is 0.0819. The van der Waals surface area contributed by atoms with E-state index in [0.29, 0.717) is 33.4 Å². The van der Waals surface area contributed by atoms with E-state index in [2.05, 4.69) is 20.2 Å². The highest BCUT2D eigenvalue weighted by Gasteiger charge is 2.12. The third-order valence-electron chi connectivity index (χ3n) is 2.73. The second-order valence-corrected chi connectivity index (χ2v) is 5.85. The number of ketones is 1. The van der Waals surface area contributed by atoms with Gasteiger partial charge in [0.1, 0.15) is 16.7 Å². The van der Waals surface area contributed by atoms with Crippen LogP contribution in [0.5, 0.6) is 0 Å². The molecule has 22 heavy (non-hydrogen) atoms. The summed E-state index contributed by atoms with van der Waals surface area (Å²) < 4.78 is 5.74. The molecule has 0 aliphatic rings. The SMILES string of the molecule is CC(=O)CSc1nnc(-c2ccc(-c3ccc(Cl)nc3)o2)[nH]1. The van der Waals surface area contributed by atoms with Crippen LogP contribution >= 0.6 is 23.4 Å². The van der Waals surface area contributed by atoms with Crippen LogP contribution in [-0.4, -0.2) is 31.7 Å². The third kappa shape index (κ3) is 3.37. The van der Waals surface area contributed by atoms with Gasteiger partial charge in [0.15, 0.2) is 16.7 Å². The molecule has 6 nitrogen and oxygen atoms in total. The number of pyridine rings is 1. The van der Waals surface area contributed by atoms with Gasteiger partial charge < -0.3 is 9.40 Å². The van der Waals surface area contributed by atoms with Crippen LogP contribution in [0.2, 0.25) is 5.15 Å². The number of aromatic nitrogens is 4. The van der Waals surface area contributed by atoms with Gasteiger partial charge in [-0.2, -0.15) is 0 Å². The minimum absolute atomic E-state index is 0.0819. The van der Waals surface area contributed by atoms with E-state index in [-0.39, 0.29) is 5.78 Å². The van der Waals surface area contributed by atoms with E-state index in [1.165, 1.54) is 18.7 Å². The number of nitrogens with zero attached hydrogens (tertiary/aromatic N) is 3. The van der Waals surface area contributed by atoms with Crippen molar-refractivity contribution in [1.82, 2.24) is 20.2 Å². The number of H-pyrrole nitrogens is 1. The number of hydrogen-bond donors (Lipinski definition) is 1. The number of Topliss-reactive ketones (excluding diaryl/α,β-unsaturated/α-hetero) is 1. The molecule has 0 amide bonds. The highest BCUT2D eigenvalue weighted by atomic mass is 35.5. The molecule has 8 heteroatoms. The summed E-state index contributed by atoms with van der Waals surface area (Å²) in [5.41, 5.74) is 0.821. The molecule has 0 saturated carbocycles. The van der Waals surface area contributed by atoms with Crippen LogP contribution in [0.4, 0.5) is 0 Å². The molecule has 1 N–H and O–H groups in total. The summed E-state index contributed by atoms with van der Waals surface area (Å²) in [6, 6.07) is 7.14. The highest BCUT2D eigenvalue weighted by molar-refractivity contribution is 7.99. The predicted molar refractivity (Wildman–Crippen MR) is 83.7 cm³/mol. The smallest absolute Gasteiger partial charge is 0.197 e. The lowest BCUT2D eigenvalue weighted by Gasteiger charge is -1.96. The first-order valence-corrected chi connectivity index (χ1v) is 7.75. The van der Waals surface area contributed by atoms with Gasteiger partial charge in [-0.25, -0.2) is 4.98 Å². The lowest BCUT2D eigenvalue weighted by Crippen LogP contribution is -1.93. The van der Waals surface area contributed by atoms with Gasteiger partial charge in [0, 0.05) is 11.8 Å². The molecule has 0 bridgehead atoms. The number of carbonyl (C=O) groups excluding carboxylic acids is 1. The van der Waals surface area contributed by atoms with Gasteiger partial charge in [-0.3, -0.25) is 4.79 Å². The zero-order chi connectivity index (χ0) is 15.5. The van der Waals surface area contributed by atoms with Crippen LogP contribution in [0.1, 0.15) is 6.92 Å². The van der Waals surface area contributed by atoms with E-state index in [1.807, 2.05) is 12.1 Å². The first kappa shape index (κ1) is 14.8. The van der Waals surface area contributed by atoms with Gasteiger partial charge in [0.25, 0.3) is 0 Å². The maximum Gasteiger partial charge on any atom is 0.197 e. The van der Waals surface area contributed by atoms with E-state index in [1.54, 1.807) is 18.3 Å². The fraction of sp³-hybridized carbons (Fsp3) is 0.143. The van der Waals surface area contributed by atoms with E-state index in [0.717, 1.165) is 5.56 Å². The summed E-state index contributed by atoms with van der Waals surface area (Å²) in [6.07, 6.45) is 1.64. The molecule has 0 aliphatic heterocycles. The Hall–Kier alpha value is -2.12. The fourth-order valence-electron chi connectivity index (χ4n) is 1.73. The average molecular weight is 335 g/mol. The molecule has 0 saturated heterocycles. The number of hydrogen-bond acceptors (Lipinski definition) is 6. The average Bonchev–Trinajstić information content (AvgIpc) is 3.15. The lowest BCUT2D eigenvalue weighted by molar-refractivity contribution is -0.114. The minimum Gasteiger partial charge on any atom is -0.453 e. The number of thioether (sulfide) groups is 1. The number of halogens is 1. The summed E-state index contributed by atoms with van der Waals surface area (Å²) >= 11 is 7.07. The monoisotopic (exact) mass is 334 g/mol. The van der Waals surface area contributed by atoms with Gasteiger partial charge >= 0.3 is 0 Å². The first-order valence-electron chi connectivity index (χ1n) is 6.39. The molecule has 3 heterocycles. The topological polar surface area (TPSA) is 84.7 Å². The largest absolute Gasteiger partial charge is 0.453 e. The van der Waals surface area contributed by atoms with Crippen molar-refractivity contribution in [3.63, 3.8) is 0 Å². The molecule has 0 aromatic carbocycles. The second-order valence-electron chi connectivity index (χ2n) is 4.50. The van der Waals surface area contributed by atoms with Gasteiger partial charge in [0.05, 0.1) is 5.75 Å². The highest BCUT2D eigenvalue weighted by Crippen LogP contribution is 2.27. The van der Waals surface area contributed by atoms with E-state index >= 15 is 0 Å². The molecule has 0 fully saturated rings. The zero-order valence-corrected chi connectivity index (χ0v) is 13.1. The lowest BCUT2D eigenvalue weighted by atomic mass is 10.2. The fourth-order valence-corrected chi connectivity index (χ4v) is 2.45. The molecule has 0 aliphatic carbocycles. The molecule has 0 unspecified atom stereocenters. The molecular weight excluding hydrogens is 324 g/mol. The Morgan fingerprint density at radius 1 is 1.27 bits per heavy atom. The Labute approximate surface area is 135 Å². The van der Waals surface area contributed by atoms with Gasteiger partial charge in [-0.05, 0) is 31.2 Å². The van der Waals surface area contributed by atoms with Crippen LogP contribution in [-0.2, 0) is 4.79 Å². The van der Waals surface area contributed by atoms with E-state index in [4.69, 9.17) is 16.0 Å². The van der Waals surface area contributed by atoms with Gasteiger partial charge in [-0.15, -0.1) is 10.2 Å². The molecule has 0 spiro atoms. The van der Waals surface area contributed by atoms with E-state index in [9.17, 15) is 4.79 Å². The molecule has 0 radical (unpaired) electrons. The Morgan fingerprint density at radius 3 is 2.82 bits per heavy atom. The Kier molecular flexibility index (Phi) is 4.26. The Bertz CT molecular complexity index is 797. The number of carbonyl (C=O) groups is 1. The third-order valence-corrected chi connectivity index (χ3v) is 3.96. The van der Waals surface area contributed by atoms with Crippen molar-refractivity contribution in [3.8, 4) is 22.9 Å². The van der Waals surface area contributed by atoms with Crippen molar-refractivity contribution in [2.75, 3.05) is 5.75 Å². The van der Waals surface area contributed by atoms with Crippen molar-refractivity contribution in [3.05, 3.63) is 35.6 Å². The molecule has 3 aromatic rings. The summed E-state index contributed by atoms with van der Waals surface area (Å²) in [5.74, 6) is 2.17. The van der Waals surface area contributed by atoms with Crippen molar-refractivity contribution >= 4 is 29.1 Å². The van der Waals surface area contributed by atoms with Crippen LogP contribution in [0.15, 0.2) is 40.0 Å². The molecule has 0 atom stereocenters. The Balaban J connectivity index is 1.79. The quantitative estimate of drug-likeness (QED) is 0.568.